The Morgan fingerprint density at radius 2 is 1.59 bits per heavy atom. The van der Waals surface area contributed by atoms with Crippen LogP contribution in [-0.4, -0.2) is 12.1 Å². The van der Waals surface area contributed by atoms with E-state index in [2.05, 4.69) is 48.1 Å². The van der Waals surface area contributed by atoms with Crippen LogP contribution in [0.5, 0.6) is 0 Å². The van der Waals surface area contributed by atoms with Crippen molar-refractivity contribution >= 4 is 12.1 Å². The zero-order valence-electron chi connectivity index (χ0n) is 21.6. The van der Waals surface area contributed by atoms with Gasteiger partial charge in [0.2, 0.25) is 0 Å². The Labute approximate surface area is 196 Å². The number of aldehydes is 1. The fraction of sp³-hybridized carbons (Fsp3) is 0.867. The van der Waals surface area contributed by atoms with Crippen molar-refractivity contribution in [2.75, 3.05) is 0 Å². The van der Waals surface area contributed by atoms with Crippen molar-refractivity contribution in [2.24, 2.45) is 56.7 Å². The van der Waals surface area contributed by atoms with Crippen LogP contribution in [0.15, 0.2) is 12.2 Å². The second-order valence-corrected chi connectivity index (χ2v) is 14.2. The van der Waals surface area contributed by atoms with Crippen LogP contribution < -0.4 is 0 Å². The second kappa shape index (κ2) is 6.82. The van der Waals surface area contributed by atoms with Crippen molar-refractivity contribution < 1.29 is 9.59 Å². The maximum absolute atomic E-state index is 12.9. The number of hydrogen-bond donors (Lipinski definition) is 0. The Morgan fingerprint density at radius 3 is 2.25 bits per heavy atom. The average molecular weight is 439 g/mol. The van der Waals surface area contributed by atoms with Crippen molar-refractivity contribution in [1.82, 2.24) is 0 Å². The second-order valence-electron chi connectivity index (χ2n) is 14.2. The van der Waals surface area contributed by atoms with Gasteiger partial charge >= 0.3 is 0 Å². The Morgan fingerprint density at radius 1 is 0.875 bits per heavy atom. The van der Waals surface area contributed by atoms with Gasteiger partial charge in [-0.2, -0.15) is 0 Å². The standard InChI is InChI=1S/C30H46O2/c1-19(2)20-10-15-30(18-31)17-16-28(6)21(25(20)30)8-9-23-27(5)13-12-24(32)26(3,4)22(27)11-14-29(23,28)7/h18,20-23,25H,1,8-17H2,2-7H3/t20-,21?,22-,23+,25+,27-,28+,29+,30+/m0/s1. The average Bonchev–Trinajstić information content (AvgIpc) is 3.12. The predicted octanol–water partition coefficient (Wildman–Crippen LogP) is 7.41. The summed E-state index contributed by atoms with van der Waals surface area (Å²) in [7, 11) is 0. The molecule has 0 aromatic carbocycles. The number of allylic oxidation sites excluding steroid dienone is 1. The van der Waals surface area contributed by atoms with E-state index >= 15 is 0 Å². The number of Topliss-reactive ketones (excluding diaryl/α,β-unsaturated/α-hetero) is 1. The summed E-state index contributed by atoms with van der Waals surface area (Å²) in [6.45, 7) is 18.9. The first-order chi connectivity index (χ1) is 14.9. The molecule has 5 fully saturated rings. The van der Waals surface area contributed by atoms with Gasteiger partial charge in [-0.05, 0) is 111 Å². The lowest BCUT2D eigenvalue weighted by Crippen LogP contribution is -2.66. The van der Waals surface area contributed by atoms with Crippen LogP contribution in [0, 0.1) is 56.7 Å². The van der Waals surface area contributed by atoms with Crippen molar-refractivity contribution in [3.8, 4) is 0 Å². The van der Waals surface area contributed by atoms with Crippen molar-refractivity contribution in [3.63, 3.8) is 0 Å². The number of hydrogen-bond acceptors (Lipinski definition) is 2. The molecule has 32 heavy (non-hydrogen) atoms. The molecule has 9 atom stereocenters. The highest BCUT2D eigenvalue weighted by Crippen LogP contribution is 2.77. The molecule has 0 bridgehead atoms. The molecule has 0 radical (unpaired) electrons. The lowest BCUT2D eigenvalue weighted by Gasteiger charge is -2.72. The highest BCUT2D eigenvalue weighted by molar-refractivity contribution is 5.85. The Kier molecular flexibility index (Phi) is 4.87. The lowest BCUT2D eigenvalue weighted by molar-refractivity contribution is -0.231. The molecule has 0 aliphatic heterocycles. The van der Waals surface area contributed by atoms with Gasteiger partial charge in [-0.3, -0.25) is 4.79 Å². The summed E-state index contributed by atoms with van der Waals surface area (Å²) in [6, 6.07) is 0. The Bertz CT molecular complexity index is 855. The normalized spacial score (nSPS) is 54.1. The number of fused-ring (bicyclic) bond motifs is 7. The molecule has 5 aliphatic carbocycles. The van der Waals surface area contributed by atoms with Crippen LogP contribution in [0.3, 0.4) is 0 Å². The minimum Gasteiger partial charge on any atom is -0.303 e. The van der Waals surface area contributed by atoms with Crippen molar-refractivity contribution in [1.29, 1.82) is 0 Å². The van der Waals surface area contributed by atoms with E-state index in [0.29, 0.717) is 40.8 Å². The molecule has 2 heteroatoms. The predicted molar refractivity (Wildman–Crippen MR) is 130 cm³/mol. The van der Waals surface area contributed by atoms with Gasteiger partial charge in [-0.15, -0.1) is 0 Å². The van der Waals surface area contributed by atoms with E-state index in [-0.39, 0.29) is 21.7 Å². The zero-order chi connectivity index (χ0) is 23.3. The third-order valence-corrected chi connectivity index (χ3v) is 13.1. The van der Waals surface area contributed by atoms with Crippen LogP contribution >= 0.6 is 0 Å². The summed E-state index contributed by atoms with van der Waals surface area (Å²) in [5.41, 5.74) is 1.87. The molecule has 0 aromatic rings. The molecular weight excluding hydrogens is 392 g/mol. The summed E-state index contributed by atoms with van der Waals surface area (Å²) in [4.78, 5) is 25.4. The molecule has 0 aromatic heterocycles. The Hall–Kier alpha value is -0.920. The molecule has 0 N–H and O–H groups in total. The largest absolute Gasteiger partial charge is 0.303 e. The first kappa shape index (κ1) is 22.9. The van der Waals surface area contributed by atoms with Crippen molar-refractivity contribution in [3.05, 3.63) is 12.2 Å². The molecular formula is C30H46O2. The van der Waals surface area contributed by atoms with Crippen LogP contribution in [0.25, 0.3) is 0 Å². The molecule has 0 saturated heterocycles. The Balaban J connectivity index is 1.56. The molecule has 0 amide bonds. The molecule has 2 nitrogen and oxygen atoms in total. The van der Waals surface area contributed by atoms with E-state index in [4.69, 9.17) is 0 Å². The van der Waals surface area contributed by atoms with Gasteiger partial charge < -0.3 is 4.79 Å². The van der Waals surface area contributed by atoms with Gasteiger partial charge in [0.15, 0.2) is 0 Å². The third-order valence-electron chi connectivity index (χ3n) is 13.1. The van der Waals surface area contributed by atoms with Crippen LogP contribution in [0.4, 0.5) is 0 Å². The quantitative estimate of drug-likeness (QED) is 0.332. The number of rotatable bonds is 2. The maximum atomic E-state index is 12.9. The highest BCUT2D eigenvalue weighted by Gasteiger charge is 2.70. The summed E-state index contributed by atoms with van der Waals surface area (Å²) in [5, 5.41) is 0. The molecule has 0 heterocycles. The van der Waals surface area contributed by atoms with Gasteiger partial charge in [0.05, 0.1) is 0 Å². The minimum atomic E-state index is -0.179. The summed E-state index contributed by atoms with van der Waals surface area (Å²) >= 11 is 0. The topological polar surface area (TPSA) is 34.1 Å². The molecule has 1 unspecified atom stereocenters. The highest BCUT2D eigenvalue weighted by atomic mass is 16.1. The van der Waals surface area contributed by atoms with Crippen LogP contribution in [-0.2, 0) is 9.59 Å². The first-order valence-electron chi connectivity index (χ1n) is 13.5. The maximum Gasteiger partial charge on any atom is 0.138 e. The summed E-state index contributed by atoms with van der Waals surface area (Å²) in [6.07, 6.45) is 12.7. The van der Waals surface area contributed by atoms with E-state index in [9.17, 15) is 9.59 Å². The van der Waals surface area contributed by atoms with E-state index in [1.165, 1.54) is 44.0 Å². The number of carbonyl (C=O) groups is 2. The van der Waals surface area contributed by atoms with Gasteiger partial charge in [-0.25, -0.2) is 0 Å². The number of carbonyl (C=O) groups excluding carboxylic acids is 2. The lowest BCUT2D eigenvalue weighted by atomic mass is 9.32. The van der Waals surface area contributed by atoms with E-state index in [1.54, 1.807) is 0 Å². The zero-order valence-corrected chi connectivity index (χ0v) is 21.6. The van der Waals surface area contributed by atoms with Gasteiger partial charge in [0, 0.05) is 17.3 Å². The third kappa shape index (κ3) is 2.54. The molecule has 0 spiro atoms. The summed E-state index contributed by atoms with van der Waals surface area (Å²) in [5.74, 6) is 3.34. The van der Waals surface area contributed by atoms with Gasteiger partial charge in [0.1, 0.15) is 12.1 Å². The SMILES string of the molecule is C=C(C)[C@@H]1CC[C@]2(C=O)CC[C@]3(C)C(CC[C@@H]4[C@@]5(C)CCC(=O)C(C)(C)[C@@H]5CC[C@]43C)[C@@H]12. The summed E-state index contributed by atoms with van der Waals surface area (Å²) < 4.78 is 0. The van der Waals surface area contributed by atoms with Gasteiger partial charge in [-0.1, -0.05) is 46.8 Å². The molecule has 5 rings (SSSR count). The first-order valence-corrected chi connectivity index (χ1v) is 13.5. The fourth-order valence-corrected chi connectivity index (χ4v) is 11.2. The van der Waals surface area contributed by atoms with E-state index < -0.39 is 0 Å². The van der Waals surface area contributed by atoms with E-state index in [1.807, 2.05) is 0 Å². The van der Waals surface area contributed by atoms with E-state index in [0.717, 1.165) is 32.1 Å². The molecule has 5 saturated carbocycles. The fourth-order valence-electron chi connectivity index (χ4n) is 11.2. The van der Waals surface area contributed by atoms with Crippen LogP contribution in [0.1, 0.15) is 106 Å². The van der Waals surface area contributed by atoms with Crippen molar-refractivity contribution in [2.45, 2.75) is 106 Å². The van der Waals surface area contributed by atoms with Gasteiger partial charge in [0.25, 0.3) is 0 Å². The molecule has 5 aliphatic rings. The molecule has 178 valence electrons. The smallest absolute Gasteiger partial charge is 0.138 e. The monoisotopic (exact) mass is 438 g/mol. The minimum absolute atomic E-state index is 0.0999. The van der Waals surface area contributed by atoms with Crippen LogP contribution in [0.2, 0.25) is 0 Å². The number of ketones is 1.